The number of nitrogens with one attached hydrogen (secondary N) is 2. The molecule has 1 heterocycles. The molecule has 0 fully saturated rings. The third kappa shape index (κ3) is 6.25. The lowest BCUT2D eigenvalue weighted by atomic mass is 9.85. The fourth-order valence-corrected chi connectivity index (χ4v) is 3.02. The van der Waals surface area contributed by atoms with Crippen molar-refractivity contribution in [1.29, 1.82) is 0 Å². The van der Waals surface area contributed by atoms with Crippen LogP contribution in [0.3, 0.4) is 0 Å². The SMILES string of the molecule is CC(C)C(NC(=O)CCCNC(=O)c1ccco1)c1ccc(C(C)(C)C)cc1. The van der Waals surface area contributed by atoms with Gasteiger partial charge in [-0.1, -0.05) is 58.9 Å². The summed E-state index contributed by atoms with van der Waals surface area (Å²) in [6, 6.07) is 11.7. The van der Waals surface area contributed by atoms with Crippen LogP contribution in [0.15, 0.2) is 47.1 Å². The average molecular weight is 385 g/mol. The molecule has 2 rings (SSSR count). The molecule has 1 aromatic heterocycles. The number of hydrogen-bond donors (Lipinski definition) is 2. The molecule has 0 aliphatic heterocycles. The Morgan fingerprint density at radius 3 is 2.29 bits per heavy atom. The molecule has 1 unspecified atom stereocenters. The van der Waals surface area contributed by atoms with E-state index in [1.165, 1.54) is 11.8 Å². The maximum Gasteiger partial charge on any atom is 0.286 e. The molecule has 0 saturated heterocycles. The van der Waals surface area contributed by atoms with Gasteiger partial charge < -0.3 is 15.1 Å². The van der Waals surface area contributed by atoms with Gasteiger partial charge >= 0.3 is 0 Å². The van der Waals surface area contributed by atoms with E-state index in [4.69, 9.17) is 4.42 Å². The summed E-state index contributed by atoms with van der Waals surface area (Å²) in [5, 5.41) is 5.89. The molecule has 2 amide bonds. The van der Waals surface area contributed by atoms with E-state index in [0.717, 1.165) is 5.56 Å². The van der Waals surface area contributed by atoms with Crippen molar-refractivity contribution in [2.24, 2.45) is 5.92 Å². The summed E-state index contributed by atoms with van der Waals surface area (Å²) in [5.74, 6) is 0.293. The van der Waals surface area contributed by atoms with Gasteiger partial charge in [-0.15, -0.1) is 0 Å². The lowest BCUT2D eigenvalue weighted by Gasteiger charge is -2.25. The second-order valence-corrected chi connectivity index (χ2v) is 8.50. The zero-order valence-electron chi connectivity index (χ0n) is 17.5. The minimum Gasteiger partial charge on any atom is -0.459 e. The lowest BCUT2D eigenvalue weighted by molar-refractivity contribution is -0.122. The smallest absolute Gasteiger partial charge is 0.286 e. The van der Waals surface area contributed by atoms with Crippen LogP contribution in [0.4, 0.5) is 0 Å². The van der Waals surface area contributed by atoms with E-state index in [2.05, 4.69) is 69.5 Å². The minimum absolute atomic E-state index is 0.00848. The van der Waals surface area contributed by atoms with Crippen LogP contribution in [0.5, 0.6) is 0 Å². The summed E-state index contributed by atoms with van der Waals surface area (Å²) in [6.45, 7) is 11.2. The number of rotatable bonds is 8. The fourth-order valence-electron chi connectivity index (χ4n) is 3.02. The Kier molecular flexibility index (Phi) is 7.44. The van der Waals surface area contributed by atoms with Crippen molar-refractivity contribution in [3.8, 4) is 0 Å². The summed E-state index contributed by atoms with van der Waals surface area (Å²) in [7, 11) is 0. The Hall–Kier alpha value is -2.56. The van der Waals surface area contributed by atoms with Crippen LogP contribution < -0.4 is 10.6 Å². The van der Waals surface area contributed by atoms with Crippen molar-refractivity contribution >= 4 is 11.8 Å². The van der Waals surface area contributed by atoms with Gasteiger partial charge in [0.2, 0.25) is 5.91 Å². The van der Waals surface area contributed by atoms with Crippen molar-refractivity contribution in [3.63, 3.8) is 0 Å². The van der Waals surface area contributed by atoms with E-state index in [1.807, 2.05) is 0 Å². The normalized spacial score (nSPS) is 12.6. The molecule has 0 radical (unpaired) electrons. The van der Waals surface area contributed by atoms with Crippen LogP contribution in [0.25, 0.3) is 0 Å². The van der Waals surface area contributed by atoms with Gasteiger partial charge in [0.15, 0.2) is 5.76 Å². The molecule has 152 valence electrons. The summed E-state index contributed by atoms with van der Waals surface area (Å²) >= 11 is 0. The average Bonchev–Trinajstić information content (AvgIpc) is 3.17. The molecule has 5 heteroatoms. The van der Waals surface area contributed by atoms with E-state index in [1.54, 1.807) is 12.1 Å². The molecule has 0 saturated carbocycles. The second-order valence-electron chi connectivity index (χ2n) is 8.50. The van der Waals surface area contributed by atoms with Gasteiger partial charge in [0.1, 0.15) is 0 Å². The maximum absolute atomic E-state index is 12.4. The minimum atomic E-state index is -0.260. The van der Waals surface area contributed by atoms with Crippen molar-refractivity contribution in [3.05, 3.63) is 59.5 Å². The molecular weight excluding hydrogens is 352 g/mol. The highest BCUT2D eigenvalue weighted by molar-refractivity contribution is 5.91. The highest BCUT2D eigenvalue weighted by Crippen LogP contribution is 2.26. The Morgan fingerprint density at radius 1 is 1.07 bits per heavy atom. The predicted octanol–water partition coefficient (Wildman–Crippen LogP) is 4.60. The summed E-state index contributed by atoms with van der Waals surface area (Å²) in [4.78, 5) is 24.2. The number of furan rings is 1. The third-order valence-corrected chi connectivity index (χ3v) is 4.73. The summed E-state index contributed by atoms with van der Waals surface area (Å²) in [5.41, 5.74) is 2.50. The number of amides is 2. The van der Waals surface area contributed by atoms with E-state index < -0.39 is 0 Å². The standard InChI is InChI=1S/C23H32N2O3/c1-16(2)21(17-10-12-18(13-11-17)23(3,4)5)25-20(26)9-6-14-24-22(27)19-8-7-15-28-19/h7-8,10-13,15-16,21H,6,9,14H2,1-5H3,(H,24,27)(H,25,26). The Bertz CT molecular complexity index is 756. The molecular formula is C23H32N2O3. The molecule has 0 bridgehead atoms. The van der Waals surface area contributed by atoms with Crippen molar-refractivity contribution < 1.29 is 14.0 Å². The Labute approximate surface area is 167 Å². The Morgan fingerprint density at radius 2 is 1.75 bits per heavy atom. The largest absolute Gasteiger partial charge is 0.459 e. The number of carbonyl (C=O) groups is 2. The first-order chi connectivity index (χ1) is 13.2. The van der Waals surface area contributed by atoms with E-state index in [9.17, 15) is 9.59 Å². The van der Waals surface area contributed by atoms with Gasteiger partial charge in [0.25, 0.3) is 5.91 Å². The maximum atomic E-state index is 12.4. The first kappa shape index (κ1) is 21.7. The van der Waals surface area contributed by atoms with E-state index >= 15 is 0 Å². The molecule has 1 aromatic carbocycles. The lowest BCUT2D eigenvalue weighted by Crippen LogP contribution is -2.32. The quantitative estimate of drug-likeness (QED) is 0.653. The van der Waals surface area contributed by atoms with Crippen LogP contribution >= 0.6 is 0 Å². The molecule has 28 heavy (non-hydrogen) atoms. The molecule has 1 atom stereocenters. The summed E-state index contributed by atoms with van der Waals surface area (Å²) in [6.07, 6.45) is 2.40. The highest BCUT2D eigenvalue weighted by atomic mass is 16.3. The zero-order valence-corrected chi connectivity index (χ0v) is 17.5. The van der Waals surface area contributed by atoms with Gasteiger partial charge in [0, 0.05) is 13.0 Å². The summed E-state index contributed by atoms with van der Waals surface area (Å²) < 4.78 is 5.04. The van der Waals surface area contributed by atoms with E-state index in [0.29, 0.717) is 19.4 Å². The van der Waals surface area contributed by atoms with Crippen LogP contribution in [0, 0.1) is 5.92 Å². The van der Waals surface area contributed by atoms with Crippen molar-refractivity contribution in [2.75, 3.05) is 6.54 Å². The van der Waals surface area contributed by atoms with Gasteiger partial charge in [-0.2, -0.15) is 0 Å². The first-order valence-corrected chi connectivity index (χ1v) is 9.90. The van der Waals surface area contributed by atoms with Crippen LogP contribution in [0.1, 0.15) is 75.2 Å². The first-order valence-electron chi connectivity index (χ1n) is 9.90. The zero-order chi connectivity index (χ0) is 20.7. The number of hydrogen-bond acceptors (Lipinski definition) is 3. The van der Waals surface area contributed by atoms with Gasteiger partial charge in [-0.3, -0.25) is 9.59 Å². The van der Waals surface area contributed by atoms with Crippen molar-refractivity contribution in [2.45, 2.75) is 58.9 Å². The molecule has 2 aromatic rings. The number of carbonyl (C=O) groups excluding carboxylic acids is 2. The Balaban J connectivity index is 1.84. The monoisotopic (exact) mass is 384 g/mol. The third-order valence-electron chi connectivity index (χ3n) is 4.73. The highest BCUT2D eigenvalue weighted by Gasteiger charge is 2.20. The molecule has 0 spiro atoms. The fraction of sp³-hybridized carbons (Fsp3) is 0.478. The molecule has 0 aliphatic carbocycles. The van der Waals surface area contributed by atoms with Crippen LogP contribution in [-0.2, 0) is 10.2 Å². The second kappa shape index (κ2) is 9.58. The predicted molar refractivity (Wildman–Crippen MR) is 111 cm³/mol. The topological polar surface area (TPSA) is 71.3 Å². The van der Waals surface area contributed by atoms with Crippen molar-refractivity contribution in [1.82, 2.24) is 10.6 Å². The molecule has 0 aliphatic rings. The van der Waals surface area contributed by atoms with Crippen LogP contribution in [0.2, 0.25) is 0 Å². The van der Waals surface area contributed by atoms with E-state index in [-0.39, 0.29) is 34.9 Å². The number of benzene rings is 1. The van der Waals surface area contributed by atoms with Gasteiger partial charge in [-0.05, 0) is 41.0 Å². The molecule has 2 N–H and O–H groups in total. The molecule has 5 nitrogen and oxygen atoms in total. The van der Waals surface area contributed by atoms with Crippen LogP contribution in [-0.4, -0.2) is 18.4 Å². The van der Waals surface area contributed by atoms with Gasteiger partial charge in [0.05, 0.1) is 12.3 Å². The van der Waals surface area contributed by atoms with Gasteiger partial charge in [-0.25, -0.2) is 0 Å².